The molecule has 0 aliphatic rings. The predicted molar refractivity (Wildman–Crippen MR) is 60.7 cm³/mol. The Kier molecular flexibility index (Phi) is 4.46. The molecule has 1 heterocycles. The summed E-state index contributed by atoms with van der Waals surface area (Å²) in [5.41, 5.74) is 1.20. The lowest BCUT2D eigenvalue weighted by Crippen LogP contribution is -2.34. The van der Waals surface area contributed by atoms with E-state index in [9.17, 15) is 4.79 Å². The molecule has 1 unspecified atom stereocenters. The van der Waals surface area contributed by atoms with E-state index in [4.69, 9.17) is 5.26 Å². The number of rotatable bonds is 4. The lowest BCUT2D eigenvalue weighted by atomic mass is 10.1. The van der Waals surface area contributed by atoms with E-state index >= 15 is 0 Å². The molecular weight excluding hydrogens is 202 g/mol. The molecular formula is C12H15N3O. The molecule has 84 valence electrons. The van der Waals surface area contributed by atoms with Crippen LogP contribution in [0.15, 0.2) is 18.3 Å². The molecule has 1 aromatic rings. The minimum atomic E-state index is -0.432. The van der Waals surface area contributed by atoms with E-state index in [1.54, 1.807) is 12.3 Å². The van der Waals surface area contributed by atoms with Crippen LogP contribution in [0.4, 0.5) is 0 Å². The van der Waals surface area contributed by atoms with Crippen molar-refractivity contribution in [3.05, 3.63) is 29.6 Å². The number of pyridine rings is 1. The Morgan fingerprint density at radius 1 is 1.69 bits per heavy atom. The first-order valence-electron chi connectivity index (χ1n) is 5.31. The van der Waals surface area contributed by atoms with E-state index < -0.39 is 6.04 Å². The van der Waals surface area contributed by atoms with Crippen molar-refractivity contribution in [1.29, 1.82) is 5.26 Å². The van der Waals surface area contributed by atoms with Crippen LogP contribution >= 0.6 is 0 Å². The van der Waals surface area contributed by atoms with Crippen molar-refractivity contribution in [2.24, 2.45) is 0 Å². The van der Waals surface area contributed by atoms with Gasteiger partial charge in [0.2, 0.25) is 0 Å². The van der Waals surface area contributed by atoms with E-state index in [2.05, 4.69) is 16.4 Å². The van der Waals surface area contributed by atoms with Gasteiger partial charge in [-0.25, -0.2) is 0 Å². The van der Waals surface area contributed by atoms with E-state index in [1.807, 2.05) is 19.9 Å². The summed E-state index contributed by atoms with van der Waals surface area (Å²) in [6.07, 6.45) is 3.09. The standard InChI is InChI=1S/C12H15N3O/c1-3-5-10(8-13)15-12(16)11-9(2)6-4-7-14-11/h4,6-7,10H,3,5H2,1-2H3,(H,15,16). The third-order valence-electron chi connectivity index (χ3n) is 2.26. The zero-order valence-corrected chi connectivity index (χ0v) is 9.53. The van der Waals surface area contributed by atoms with Gasteiger partial charge in [0.15, 0.2) is 0 Å². The Bertz CT molecular complexity index is 409. The van der Waals surface area contributed by atoms with Gasteiger partial charge in [0.05, 0.1) is 6.07 Å². The summed E-state index contributed by atoms with van der Waals surface area (Å²) in [4.78, 5) is 15.8. The molecule has 0 aromatic carbocycles. The molecule has 0 saturated carbocycles. The van der Waals surface area contributed by atoms with Crippen molar-refractivity contribution in [3.63, 3.8) is 0 Å². The van der Waals surface area contributed by atoms with Crippen molar-refractivity contribution in [1.82, 2.24) is 10.3 Å². The highest BCUT2D eigenvalue weighted by molar-refractivity contribution is 5.93. The minimum Gasteiger partial charge on any atom is -0.335 e. The summed E-state index contributed by atoms with van der Waals surface area (Å²) in [5, 5.41) is 11.5. The Balaban J connectivity index is 2.73. The third-order valence-corrected chi connectivity index (χ3v) is 2.26. The molecule has 0 bridgehead atoms. The fraction of sp³-hybridized carbons (Fsp3) is 0.417. The Morgan fingerprint density at radius 3 is 3.00 bits per heavy atom. The zero-order chi connectivity index (χ0) is 12.0. The number of nitriles is 1. The molecule has 0 aliphatic carbocycles. The molecule has 1 rings (SSSR count). The van der Waals surface area contributed by atoms with Crippen LogP contribution in [0, 0.1) is 18.3 Å². The monoisotopic (exact) mass is 217 g/mol. The van der Waals surface area contributed by atoms with Gasteiger partial charge in [-0.3, -0.25) is 9.78 Å². The number of nitrogens with zero attached hydrogens (tertiary/aromatic N) is 2. The van der Waals surface area contributed by atoms with Crippen LogP contribution in [0.1, 0.15) is 35.8 Å². The number of aryl methyl sites for hydroxylation is 1. The maximum absolute atomic E-state index is 11.8. The van der Waals surface area contributed by atoms with E-state index in [1.165, 1.54) is 0 Å². The number of hydrogen-bond donors (Lipinski definition) is 1. The number of amides is 1. The molecule has 1 atom stereocenters. The molecule has 0 saturated heterocycles. The fourth-order valence-electron chi connectivity index (χ4n) is 1.41. The van der Waals surface area contributed by atoms with Crippen LogP contribution in [-0.2, 0) is 0 Å². The second-order valence-corrected chi connectivity index (χ2v) is 3.61. The summed E-state index contributed by atoms with van der Waals surface area (Å²) < 4.78 is 0. The van der Waals surface area contributed by atoms with Crippen molar-refractivity contribution >= 4 is 5.91 Å². The number of nitrogens with one attached hydrogen (secondary N) is 1. The highest BCUT2D eigenvalue weighted by Gasteiger charge is 2.14. The predicted octanol–water partition coefficient (Wildman–Crippen LogP) is 1.81. The normalized spacial score (nSPS) is 11.6. The zero-order valence-electron chi connectivity index (χ0n) is 9.53. The van der Waals surface area contributed by atoms with Crippen LogP contribution in [0.3, 0.4) is 0 Å². The average Bonchev–Trinajstić information content (AvgIpc) is 2.28. The summed E-state index contributed by atoms with van der Waals surface area (Å²) in [7, 11) is 0. The fourth-order valence-corrected chi connectivity index (χ4v) is 1.41. The van der Waals surface area contributed by atoms with Crippen molar-refractivity contribution in [2.75, 3.05) is 0 Å². The molecule has 0 fully saturated rings. The molecule has 0 radical (unpaired) electrons. The van der Waals surface area contributed by atoms with Gasteiger partial charge >= 0.3 is 0 Å². The quantitative estimate of drug-likeness (QED) is 0.836. The van der Waals surface area contributed by atoms with Gasteiger partial charge in [0.25, 0.3) is 5.91 Å². The van der Waals surface area contributed by atoms with Gasteiger partial charge in [-0.05, 0) is 25.0 Å². The average molecular weight is 217 g/mol. The molecule has 0 spiro atoms. The molecule has 4 nitrogen and oxygen atoms in total. The first kappa shape index (κ1) is 12.2. The summed E-state index contributed by atoms with van der Waals surface area (Å²) >= 11 is 0. The Hall–Kier alpha value is -1.89. The largest absolute Gasteiger partial charge is 0.335 e. The molecule has 1 amide bonds. The Morgan fingerprint density at radius 2 is 2.44 bits per heavy atom. The molecule has 16 heavy (non-hydrogen) atoms. The number of hydrogen-bond acceptors (Lipinski definition) is 3. The second kappa shape index (κ2) is 5.86. The van der Waals surface area contributed by atoms with Crippen LogP contribution in [-0.4, -0.2) is 16.9 Å². The highest BCUT2D eigenvalue weighted by Crippen LogP contribution is 2.04. The van der Waals surface area contributed by atoms with E-state index in [0.29, 0.717) is 12.1 Å². The minimum absolute atomic E-state index is 0.280. The van der Waals surface area contributed by atoms with Gasteiger partial charge in [-0.15, -0.1) is 0 Å². The van der Waals surface area contributed by atoms with Crippen molar-refractivity contribution in [3.8, 4) is 6.07 Å². The van der Waals surface area contributed by atoms with Gasteiger partial charge in [0.1, 0.15) is 11.7 Å². The van der Waals surface area contributed by atoms with Crippen molar-refractivity contribution in [2.45, 2.75) is 32.7 Å². The molecule has 4 heteroatoms. The van der Waals surface area contributed by atoms with Gasteiger partial charge in [0, 0.05) is 6.20 Å². The van der Waals surface area contributed by atoms with E-state index in [-0.39, 0.29) is 5.91 Å². The van der Waals surface area contributed by atoms with Crippen LogP contribution in [0.2, 0.25) is 0 Å². The van der Waals surface area contributed by atoms with Gasteiger partial charge < -0.3 is 5.32 Å². The van der Waals surface area contributed by atoms with Crippen LogP contribution in [0.25, 0.3) is 0 Å². The Labute approximate surface area is 95.3 Å². The van der Waals surface area contributed by atoms with Gasteiger partial charge in [-0.1, -0.05) is 19.4 Å². The SMILES string of the molecule is CCCC(C#N)NC(=O)c1ncccc1C. The second-order valence-electron chi connectivity index (χ2n) is 3.61. The molecule has 0 aliphatic heterocycles. The number of carbonyl (C=O) groups is 1. The lowest BCUT2D eigenvalue weighted by molar-refractivity contribution is 0.0938. The highest BCUT2D eigenvalue weighted by atomic mass is 16.1. The molecule has 1 N–H and O–H groups in total. The van der Waals surface area contributed by atoms with Crippen LogP contribution in [0.5, 0.6) is 0 Å². The summed E-state index contributed by atoms with van der Waals surface area (Å²) in [5.74, 6) is -0.280. The van der Waals surface area contributed by atoms with Gasteiger partial charge in [-0.2, -0.15) is 5.26 Å². The van der Waals surface area contributed by atoms with E-state index in [0.717, 1.165) is 12.0 Å². The summed E-state index contributed by atoms with van der Waals surface area (Å²) in [6.45, 7) is 3.80. The lowest BCUT2D eigenvalue weighted by Gasteiger charge is -2.10. The summed E-state index contributed by atoms with van der Waals surface area (Å²) in [6, 6.07) is 5.23. The third kappa shape index (κ3) is 3.06. The first-order chi connectivity index (χ1) is 7.69. The maximum Gasteiger partial charge on any atom is 0.271 e. The smallest absolute Gasteiger partial charge is 0.271 e. The van der Waals surface area contributed by atoms with Crippen molar-refractivity contribution < 1.29 is 4.79 Å². The maximum atomic E-state index is 11.8. The first-order valence-corrected chi connectivity index (χ1v) is 5.31. The molecule has 1 aromatic heterocycles. The topological polar surface area (TPSA) is 65.8 Å². The number of carbonyl (C=O) groups excluding carboxylic acids is 1. The van der Waals surface area contributed by atoms with Crippen LogP contribution < -0.4 is 5.32 Å². The number of aromatic nitrogens is 1.